The molecule has 0 spiro atoms. The number of benzene rings is 2. The molecule has 3 N–H and O–H groups in total. The number of likely N-dealkylation sites (N-methyl/N-ethyl adjacent to an activating group) is 1. The van der Waals surface area contributed by atoms with Crippen molar-refractivity contribution in [1.82, 2.24) is 10.2 Å². The Hall–Kier alpha value is -3.55. The van der Waals surface area contributed by atoms with Gasteiger partial charge in [0.2, 0.25) is 0 Å². The van der Waals surface area contributed by atoms with Gasteiger partial charge in [-0.2, -0.15) is 0 Å². The van der Waals surface area contributed by atoms with Crippen LogP contribution in [0.3, 0.4) is 0 Å². The van der Waals surface area contributed by atoms with E-state index in [1.807, 2.05) is 48.5 Å². The van der Waals surface area contributed by atoms with Gasteiger partial charge in [-0.1, -0.05) is 48.5 Å². The van der Waals surface area contributed by atoms with Crippen molar-refractivity contribution < 1.29 is 23.9 Å². The summed E-state index contributed by atoms with van der Waals surface area (Å²) in [4.78, 5) is 37.4. The molecule has 0 fully saturated rings. The molecule has 0 bridgehead atoms. The van der Waals surface area contributed by atoms with Gasteiger partial charge >= 0.3 is 12.0 Å². The third-order valence-electron chi connectivity index (χ3n) is 4.25. The minimum absolute atomic E-state index is 0.202. The van der Waals surface area contributed by atoms with Gasteiger partial charge in [0.05, 0.1) is 7.11 Å². The van der Waals surface area contributed by atoms with Crippen LogP contribution in [-0.2, 0) is 27.3 Å². The van der Waals surface area contributed by atoms with Crippen LogP contribution in [0.4, 0.5) is 4.79 Å². The van der Waals surface area contributed by atoms with Gasteiger partial charge in [-0.15, -0.1) is 0 Å². The van der Waals surface area contributed by atoms with Gasteiger partial charge in [-0.05, 0) is 11.6 Å². The van der Waals surface area contributed by atoms with Crippen molar-refractivity contribution >= 4 is 17.9 Å². The molecule has 1 atom stereocenters. The smallest absolute Gasteiger partial charge is 0.329 e. The van der Waals surface area contributed by atoms with Crippen LogP contribution in [0.2, 0.25) is 0 Å². The van der Waals surface area contributed by atoms with Gasteiger partial charge in [0.25, 0.3) is 5.91 Å². The number of urea groups is 1. The standard InChI is InChI=1S/C21H25N3O5/c1-24(13-16-10-6-7-11-18(16)28-2)19(25)14-29-20(26)17(23-21(22)27)12-15-8-4-3-5-9-15/h3-11,17H,12-14H2,1-2H3,(H3,22,23,27)/t17-/m0/s1. The summed E-state index contributed by atoms with van der Waals surface area (Å²) in [7, 11) is 3.16. The highest BCUT2D eigenvalue weighted by atomic mass is 16.5. The monoisotopic (exact) mass is 399 g/mol. The van der Waals surface area contributed by atoms with E-state index >= 15 is 0 Å². The number of carbonyl (C=O) groups is 3. The van der Waals surface area contributed by atoms with E-state index in [2.05, 4.69) is 5.32 Å². The van der Waals surface area contributed by atoms with E-state index in [0.29, 0.717) is 12.3 Å². The second-order valence-electron chi connectivity index (χ2n) is 6.42. The highest BCUT2D eigenvalue weighted by Gasteiger charge is 2.23. The predicted molar refractivity (Wildman–Crippen MR) is 107 cm³/mol. The minimum Gasteiger partial charge on any atom is -0.496 e. The van der Waals surface area contributed by atoms with Crippen LogP contribution in [-0.4, -0.2) is 49.6 Å². The molecule has 0 aliphatic carbocycles. The van der Waals surface area contributed by atoms with Crippen molar-refractivity contribution in [2.45, 2.75) is 19.0 Å². The van der Waals surface area contributed by atoms with Gasteiger partial charge in [-0.25, -0.2) is 9.59 Å². The molecular formula is C21H25N3O5. The Morgan fingerprint density at radius 2 is 1.72 bits per heavy atom. The quantitative estimate of drug-likeness (QED) is 0.621. The van der Waals surface area contributed by atoms with E-state index in [0.717, 1.165) is 11.1 Å². The van der Waals surface area contributed by atoms with Crippen LogP contribution in [0.15, 0.2) is 54.6 Å². The predicted octanol–water partition coefficient (Wildman–Crippen LogP) is 1.48. The maximum atomic E-state index is 12.4. The number of hydrogen-bond donors (Lipinski definition) is 2. The Bertz CT molecular complexity index is 841. The van der Waals surface area contributed by atoms with Crippen LogP contribution in [0.1, 0.15) is 11.1 Å². The second-order valence-corrected chi connectivity index (χ2v) is 6.42. The number of ether oxygens (including phenoxy) is 2. The number of amides is 3. The zero-order valence-electron chi connectivity index (χ0n) is 16.5. The number of methoxy groups -OCH3 is 1. The van der Waals surface area contributed by atoms with Gasteiger partial charge in [0.15, 0.2) is 6.61 Å². The third-order valence-corrected chi connectivity index (χ3v) is 4.25. The highest BCUT2D eigenvalue weighted by Crippen LogP contribution is 2.18. The van der Waals surface area contributed by atoms with Gasteiger partial charge in [0, 0.05) is 25.6 Å². The fourth-order valence-corrected chi connectivity index (χ4v) is 2.74. The van der Waals surface area contributed by atoms with Crippen molar-refractivity contribution in [2.24, 2.45) is 5.73 Å². The first-order valence-electron chi connectivity index (χ1n) is 9.03. The van der Waals surface area contributed by atoms with Crippen LogP contribution in [0, 0.1) is 0 Å². The van der Waals surface area contributed by atoms with Crippen LogP contribution < -0.4 is 15.8 Å². The molecule has 0 saturated carbocycles. The zero-order valence-corrected chi connectivity index (χ0v) is 16.5. The molecule has 2 aromatic rings. The Morgan fingerprint density at radius 1 is 1.07 bits per heavy atom. The van der Waals surface area contributed by atoms with E-state index in [1.54, 1.807) is 20.2 Å². The lowest BCUT2D eigenvalue weighted by atomic mass is 10.1. The van der Waals surface area contributed by atoms with E-state index in [1.165, 1.54) is 4.90 Å². The molecule has 0 saturated heterocycles. The number of nitrogens with one attached hydrogen (secondary N) is 1. The van der Waals surface area contributed by atoms with Gasteiger partial charge in [0.1, 0.15) is 11.8 Å². The normalized spacial score (nSPS) is 11.2. The molecule has 8 nitrogen and oxygen atoms in total. The average Bonchev–Trinajstić information content (AvgIpc) is 2.72. The number of nitrogens with zero attached hydrogens (tertiary/aromatic N) is 1. The van der Waals surface area contributed by atoms with Gasteiger partial charge in [-0.3, -0.25) is 4.79 Å². The van der Waals surface area contributed by atoms with Crippen molar-refractivity contribution in [3.05, 3.63) is 65.7 Å². The molecule has 29 heavy (non-hydrogen) atoms. The van der Waals surface area contributed by atoms with Crippen molar-refractivity contribution in [3.63, 3.8) is 0 Å². The average molecular weight is 399 g/mol. The Labute approximate surface area is 169 Å². The van der Waals surface area contributed by atoms with E-state index in [4.69, 9.17) is 15.2 Å². The molecule has 0 unspecified atom stereocenters. The second kappa shape index (κ2) is 10.7. The maximum Gasteiger partial charge on any atom is 0.329 e. The number of primary amides is 1. The fourth-order valence-electron chi connectivity index (χ4n) is 2.74. The highest BCUT2D eigenvalue weighted by molar-refractivity contribution is 5.85. The number of esters is 1. The summed E-state index contributed by atoms with van der Waals surface area (Å²) in [5, 5.41) is 2.36. The summed E-state index contributed by atoms with van der Waals surface area (Å²) in [6.45, 7) is -0.149. The van der Waals surface area contributed by atoms with Crippen LogP contribution in [0.5, 0.6) is 5.75 Å². The largest absolute Gasteiger partial charge is 0.496 e. The maximum absolute atomic E-state index is 12.4. The first-order valence-corrected chi connectivity index (χ1v) is 9.03. The lowest BCUT2D eigenvalue weighted by molar-refractivity contribution is -0.153. The molecule has 0 aromatic heterocycles. The number of rotatable bonds is 9. The Balaban J connectivity index is 1.93. The molecule has 0 aliphatic rings. The topological polar surface area (TPSA) is 111 Å². The number of carbonyl (C=O) groups excluding carboxylic acids is 3. The number of hydrogen-bond acceptors (Lipinski definition) is 5. The lowest BCUT2D eigenvalue weighted by Crippen LogP contribution is -2.46. The molecule has 0 radical (unpaired) electrons. The summed E-state index contributed by atoms with van der Waals surface area (Å²) in [5.41, 5.74) is 6.81. The number of para-hydroxylation sites is 1. The van der Waals surface area contributed by atoms with Crippen LogP contribution in [0.25, 0.3) is 0 Å². The first-order chi connectivity index (χ1) is 13.9. The minimum atomic E-state index is -0.984. The molecule has 0 aliphatic heterocycles. The van der Waals surface area contributed by atoms with Gasteiger partial charge < -0.3 is 25.4 Å². The summed E-state index contributed by atoms with van der Waals surface area (Å²) in [6.07, 6.45) is 0.202. The Kier molecular flexibility index (Phi) is 8.02. The molecule has 3 amide bonds. The summed E-state index contributed by atoms with van der Waals surface area (Å²) in [6, 6.07) is 14.6. The van der Waals surface area contributed by atoms with E-state index in [9.17, 15) is 14.4 Å². The summed E-state index contributed by atoms with van der Waals surface area (Å²) in [5.74, 6) is -0.453. The van der Waals surface area contributed by atoms with Crippen LogP contribution >= 0.6 is 0 Å². The van der Waals surface area contributed by atoms with E-state index in [-0.39, 0.29) is 12.3 Å². The molecular weight excluding hydrogens is 374 g/mol. The SMILES string of the molecule is COc1ccccc1CN(C)C(=O)COC(=O)[C@H](Cc1ccccc1)NC(N)=O. The summed E-state index contributed by atoms with van der Waals surface area (Å²) < 4.78 is 10.4. The lowest BCUT2D eigenvalue weighted by Gasteiger charge is -2.20. The summed E-state index contributed by atoms with van der Waals surface area (Å²) >= 11 is 0. The first kappa shape index (κ1) is 21.7. The number of nitrogens with two attached hydrogens (primary N) is 1. The van der Waals surface area contributed by atoms with Crippen molar-refractivity contribution in [2.75, 3.05) is 20.8 Å². The zero-order chi connectivity index (χ0) is 21.2. The fraction of sp³-hybridized carbons (Fsp3) is 0.286. The van der Waals surface area contributed by atoms with Crippen molar-refractivity contribution in [1.29, 1.82) is 0 Å². The molecule has 0 heterocycles. The molecule has 8 heteroatoms. The third kappa shape index (κ3) is 6.84. The molecule has 2 rings (SSSR count). The molecule has 2 aromatic carbocycles. The van der Waals surface area contributed by atoms with Crippen molar-refractivity contribution in [3.8, 4) is 5.75 Å². The van der Waals surface area contributed by atoms with E-state index < -0.39 is 24.6 Å². The Morgan fingerprint density at radius 3 is 2.38 bits per heavy atom. The molecule has 154 valence electrons.